The van der Waals surface area contributed by atoms with Gasteiger partial charge in [0.05, 0.1) is 39.3 Å². The van der Waals surface area contributed by atoms with E-state index in [1.807, 2.05) is 85.9 Å². The van der Waals surface area contributed by atoms with Crippen molar-refractivity contribution < 1.29 is 4.79 Å². The number of rotatable bonds is 9. The summed E-state index contributed by atoms with van der Waals surface area (Å²) in [5.74, 6) is -0.101. The third-order valence-electron chi connectivity index (χ3n) is 6.17. The summed E-state index contributed by atoms with van der Waals surface area (Å²) in [6.07, 6.45) is 0. The highest BCUT2D eigenvalue weighted by Gasteiger charge is 2.25. The zero-order valence-electron chi connectivity index (χ0n) is 21.9. The van der Waals surface area contributed by atoms with Crippen LogP contribution in [0.4, 0.5) is 17.1 Å². The number of thioether (sulfide) groups is 2. The molecule has 0 aliphatic carbocycles. The predicted molar refractivity (Wildman–Crippen MR) is 167 cm³/mol. The molecule has 0 saturated carbocycles. The van der Waals surface area contributed by atoms with Crippen LogP contribution in [0.5, 0.6) is 0 Å². The second-order valence-corrected chi connectivity index (χ2v) is 11.0. The number of aliphatic imine (C=N–C) groups is 1. The van der Waals surface area contributed by atoms with Crippen LogP contribution in [0.1, 0.15) is 16.7 Å². The minimum atomic E-state index is -0.101. The lowest BCUT2D eigenvalue weighted by atomic mass is 10.1. The SMILES string of the molecule is CN(Cc1ccccc1)C(=O)/C(SC=Nc1cc(C#N)ccc1NCc1ccccc1)=C1\Nc2ccccc2S1. The first-order valence-corrected chi connectivity index (χ1v) is 14.4. The Bertz CT molecular complexity index is 1570. The van der Waals surface area contributed by atoms with Crippen LogP contribution in [-0.2, 0) is 17.9 Å². The van der Waals surface area contributed by atoms with E-state index in [4.69, 9.17) is 4.99 Å². The average Bonchev–Trinajstić information content (AvgIpc) is 3.43. The van der Waals surface area contributed by atoms with E-state index in [-0.39, 0.29) is 5.91 Å². The predicted octanol–water partition coefficient (Wildman–Crippen LogP) is 7.61. The van der Waals surface area contributed by atoms with E-state index in [9.17, 15) is 10.1 Å². The second kappa shape index (κ2) is 13.1. The Balaban J connectivity index is 1.39. The summed E-state index contributed by atoms with van der Waals surface area (Å²) in [5.41, 5.74) is 6.80. The molecule has 0 bridgehead atoms. The highest BCUT2D eigenvalue weighted by atomic mass is 32.2. The van der Waals surface area contributed by atoms with E-state index < -0.39 is 0 Å². The van der Waals surface area contributed by atoms with Crippen molar-refractivity contribution in [2.24, 2.45) is 4.99 Å². The first-order chi connectivity index (χ1) is 19.6. The van der Waals surface area contributed by atoms with Crippen LogP contribution >= 0.6 is 23.5 Å². The number of carbonyl (C=O) groups excluding carboxylic acids is 1. The summed E-state index contributed by atoms with van der Waals surface area (Å²) in [4.78, 5) is 21.8. The molecule has 40 heavy (non-hydrogen) atoms. The number of hydrogen-bond acceptors (Lipinski definition) is 7. The molecule has 1 heterocycles. The van der Waals surface area contributed by atoms with Crippen LogP contribution in [0, 0.1) is 11.3 Å². The minimum Gasteiger partial charge on any atom is -0.379 e. The normalized spacial score (nSPS) is 13.3. The second-order valence-electron chi connectivity index (χ2n) is 9.06. The first-order valence-electron chi connectivity index (χ1n) is 12.7. The van der Waals surface area contributed by atoms with Gasteiger partial charge in [-0.15, -0.1) is 0 Å². The maximum atomic E-state index is 13.7. The number of para-hydroxylation sites is 1. The van der Waals surface area contributed by atoms with Crippen LogP contribution in [0.2, 0.25) is 0 Å². The summed E-state index contributed by atoms with van der Waals surface area (Å²) in [6.45, 7) is 1.11. The zero-order chi connectivity index (χ0) is 27.7. The Hall–Kier alpha value is -4.45. The fraction of sp³-hybridized carbons (Fsp3) is 0.0938. The largest absolute Gasteiger partial charge is 0.379 e. The molecule has 4 aromatic rings. The first kappa shape index (κ1) is 27.1. The number of hydrogen-bond donors (Lipinski definition) is 2. The van der Waals surface area contributed by atoms with E-state index >= 15 is 0 Å². The van der Waals surface area contributed by atoms with Crippen molar-refractivity contribution >= 4 is 52.0 Å². The number of nitrogens with one attached hydrogen (secondary N) is 2. The van der Waals surface area contributed by atoms with Gasteiger partial charge in [0.2, 0.25) is 0 Å². The van der Waals surface area contributed by atoms with Crippen molar-refractivity contribution in [1.29, 1.82) is 5.26 Å². The van der Waals surface area contributed by atoms with Gasteiger partial charge in [-0.1, -0.05) is 96.3 Å². The van der Waals surface area contributed by atoms with Gasteiger partial charge in [0.15, 0.2) is 0 Å². The monoisotopic (exact) mass is 561 g/mol. The van der Waals surface area contributed by atoms with Gasteiger partial charge in [0, 0.05) is 25.0 Å². The fourth-order valence-corrected chi connectivity index (χ4v) is 6.00. The van der Waals surface area contributed by atoms with Crippen LogP contribution in [0.15, 0.2) is 123 Å². The summed E-state index contributed by atoms with van der Waals surface area (Å²) < 4.78 is 0. The zero-order valence-corrected chi connectivity index (χ0v) is 23.5. The molecule has 1 aliphatic rings. The van der Waals surface area contributed by atoms with Crippen molar-refractivity contribution in [3.8, 4) is 6.07 Å². The van der Waals surface area contributed by atoms with Crippen LogP contribution < -0.4 is 10.6 Å². The van der Waals surface area contributed by atoms with E-state index in [0.717, 1.165) is 32.4 Å². The van der Waals surface area contributed by atoms with E-state index in [0.29, 0.717) is 29.2 Å². The van der Waals surface area contributed by atoms with E-state index in [1.165, 1.54) is 11.8 Å². The number of amides is 1. The Kier molecular flexibility index (Phi) is 8.86. The highest BCUT2D eigenvalue weighted by molar-refractivity contribution is 8.17. The third-order valence-corrected chi connectivity index (χ3v) is 8.21. The molecule has 198 valence electrons. The molecule has 0 radical (unpaired) electrons. The summed E-state index contributed by atoms with van der Waals surface area (Å²) >= 11 is 2.81. The molecule has 0 atom stereocenters. The molecule has 0 fully saturated rings. The Morgan fingerprint density at radius 3 is 2.42 bits per heavy atom. The molecule has 0 aromatic heterocycles. The summed E-state index contributed by atoms with van der Waals surface area (Å²) in [6, 6.07) is 35.6. The number of likely N-dealkylation sites (N-methyl/N-ethyl adjacent to an activating group) is 1. The lowest BCUT2D eigenvalue weighted by Gasteiger charge is -2.19. The van der Waals surface area contributed by atoms with E-state index in [2.05, 4.69) is 28.8 Å². The number of benzene rings is 4. The number of anilines is 2. The molecule has 0 unspecified atom stereocenters. The molecule has 2 N–H and O–H groups in total. The molecule has 6 nitrogen and oxygen atoms in total. The standard InChI is InChI=1S/C32H27N5OS2/c1-37(21-24-12-6-3-7-13-24)32(38)30(31-36-27-14-8-9-15-29(27)40-31)39-22-35-28-18-25(19-33)16-17-26(28)34-20-23-10-4-2-5-11-23/h2-18,22,34,36H,20-21H2,1H3/b31-30-,35-22?. The fourth-order valence-electron chi connectivity index (χ4n) is 4.11. The average molecular weight is 562 g/mol. The third kappa shape index (κ3) is 6.75. The summed E-state index contributed by atoms with van der Waals surface area (Å²) in [5, 5.41) is 17.1. The Labute approximate surface area is 242 Å². The molecule has 1 amide bonds. The number of carbonyl (C=O) groups is 1. The van der Waals surface area contributed by atoms with Crippen molar-refractivity contribution in [2.75, 3.05) is 17.7 Å². The number of nitrogens with zero attached hydrogens (tertiary/aromatic N) is 3. The lowest BCUT2D eigenvalue weighted by molar-refractivity contribution is -0.125. The smallest absolute Gasteiger partial charge is 0.263 e. The van der Waals surface area contributed by atoms with Crippen LogP contribution in [0.25, 0.3) is 0 Å². The molecule has 4 aromatic carbocycles. The van der Waals surface area contributed by atoms with Gasteiger partial charge in [0.1, 0.15) is 4.91 Å². The number of nitriles is 1. The van der Waals surface area contributed by atoms with Gasteiger partial charge in [-0.05, 0) is 41.5 Å². The molecule has 1 aliphatic heterocycles. The van der Waals surface area contributed by atoms with Gasteiger partial charge in [0.25, 0.3) is 5.91 Å². The molecular formula is C32H27N5OS2. The van der Waals surface area contributed by atoms with Crippen molar-refractivity contribution in [1.82, 2.24) is 4.90 Å². The van der Waals surface area contributed by atoms with Gasteiger partial charge < -0.3 is 15.5 Å². The van der Waals surface area contributed by atoms with E-state index in [1.54, 1.807) is 34.3 Å². The topological polar surface area (TPSA) is 80.5 Å². The van der Waals surface area contributed by atoms with Crippen LogP contribution in [0.3, 0.4) is 0 Å². The quantitative estimate of drug-likeness (QED) is 0.124. The molecular weight excluding hydrogens is 535 g/mol. The lowest BCUT2D eigenvalue weighted by Crippen LogP contribution is -2.27. The van der Waals surface area contributed by atoms with Crippen molar-refractivity contribution in [3.63, 3.8) is 0 Å². The summed E-state index contributed by atoms with van der Waals surface area (Å²) in [7, 11) is 1.81. The molecule has 0 spiro atoms. The van der Waals surface area contributed by atoms with Gasteiger partial charge in [-0.2, -0.15) is 5.26 Å². The van der Waals surface area contributed by atoms with Gasteiger partial charge in [-0.3, -0.25) is 4.79 Å². The Morgan fingerprint density at radius 2 is 1.70 bits per heavy atom. The number of fused-ring (bicyclic) bond motifs is 1. The minimum absolute atomic E-state index is 0.101. The maximum Gasteiger partial charge on any atom is 0.263 e. The molecule has 5 rings (SSSR count). The maximum absolute atomic E-state index is 13.7. The van der Waals surface area contributed by atoms with Crippen molar-refractivity contribution in [2.45, 2.75) is 18.0 Å². The molecule has 8 heteroatoms. The van der Waals surface area contributed by atoms with Gasteiger partial charge >= 0.3 is 0 Å². The van der Waals surface area contributed by atoms with Gasteiger partial charge in [-0.25, -0.2) is 4.99 Å². The highest BCUT2D eigenvalue weighted by Crippen LogP contribution is 2.44. The van der Waals surface area contributed by atoms with Crippen molar-refractivity contribution in [3.05, 3.63) is 130 Å². The van der Waals surface area contributed by atoms with Crippen LogP contribution in [-0.4, -0.2) is 23.4 Å². The Morgan fingerprint density at radius 1 is 1.00 bits per heavy atom. The molecule has 0 saturated heterocycles.